The zero-order valence-corrected chi connectivity index (χ0v) is 20.0. The number of hydrogen-bond donors (Lipinski definition) is 1. The fourth-order valence-corrected chi connectivity index (χ4v) is 4.55. The van der Waals surface area contributed by atoms with Gasteiger partial charge in [0.2, 0.25) is 0 Å². The topological polar surface area (TPSA) is 103 Å². The number of ether oxygens (including phenoxy) is 1. The van der Waals surface area contributed by atoms with Crippen LogP contribution in [0.4, 0.5) is 5.69 Å². The Hall–Kier alpha value is -3.69. The Morgan fingerprint density at radius 1 is 1.18 bits per heavy atom. The predicted molar refractivity (Wildman–Crippen MR) is 131 cm³/mol. The summed E-state index contributed by atoms with van der Waals surface area (Å²) in [5.41, 5.74) is 3.69. The number of nitrogens with zero attached hydrogens (tertiary/aromatic N) is 3. The number of aromatic nitrogens is 3. The highest BCUT2D eigenvalue weighted by molar-refractivity contribution is 7.92. The van der Waals surface area contributed by atoms with Crippen molar-refractivity contribution in [3.63, 3.8) is 0 Å². The van der Waals surface area contributed by atoms with Crippen molar-refractivity contribution < 1.29 is 17.9 Å². The Morgan fingerprint density at radius 3 is 2.79 bits per heavy atom. The molecule has 0 aliphatic rings. The maximum absolute atomic E-state index is 13.1. The number of hydrogen-bond acceptors (Lipinski definition) is 6. The van der Waals surface area contributed by atoms with Crippen molar-refractivity contribution in [1.29, 1.82) is 0 Å². The van der Waals surface area contributed by atoms with E-state index < -0.39 is 16.0 Å². The molecule has 4 rings (SSSR count). The monoisotopic (exact) mass is 496 g/mol. The number of nitrogens with one attached hydrogen (secondary N) is 1. The van der Waals surface area contributed by atoms with Gasteiger partial charge < -0.3 is 4.74 Å². The summed E-state index contributed by atoms with van der Waals surface area (Å²) in [6, 6.07) is 15.1. The van der Waals surface area contributed by atoms with Crippen molar-refractivity contribution in [1.82, 2.24) is 14.6 Å². The number of anilines is 1. The van der Waals surface area contributed by atoms with Gasteiger partial charge in [-0.2, -0.15) is 5.10 Å². The van der Waals surface area contributed by atoms with Crippen molar-refractivity contribution in [3.8, 4) is 11.3 Å². The molecule has 4 aromatic rings. The Labute approximate surface area is 201 Å². The third-order valence-electron chi connectivity index (χ3n) is 4.93. The fraction of sp³-hybridized carbons (Fsp3) is 0.125. The summed E-state index contributed by atoms with van der Waals surface area (Å²) in [5, 5.41) is 4.52. The van der Waals surface area contributed by atoms with Crippen molar-refractivity contribution >= 4 is 45.0 Å². The van der Waals surface area contributed by atoms with E-state index >= 15 is 0 Å². The van der Waals surface area contributed by atoms with Crippen LogP contribution in [0.3, 0.4) is 0 Å². The summed E-state index contributed by atoms with van der Waals surface area (Å²) in [6.45, 7) is 3.79. The molecule has 1 N–H and O–H groups in total. The van der Waals surface area contributed by atoms with Crippen LogP contribution in [0, 0.1) is 6.92 Å². The van der Waals surface area contributed by atoms with Gasteiger partial charge in [0.25, 0.3) is 10.0 Å². The van der Waals surface area contributed by atoms with Gasteiger partial charge in [-0.15, -0.1) is 0 Å². The molecule has 0 atom stereocenters. The zero-order valence-electron chi connectivity index (χ0n) is 18.4. The Bertz CT molecular complexity index is 1510. The highest BCUT2D eigenvalue weighted by Gasteiger charge is 2.17. The number of fused-ring (bicyclic) bond motifs is 1. The number of carbonyl (C=O) groups excluding carboxylic acids is 1. The van der Waals surface area contributed by atoms with Gasteiger partial charge >= 0.3 is 5.97 Å². The molecule has 0 aliphatic heterocycles. The Kier molecular flexibility index (Phi) is 6.67. The van der Waals surface area contributed by atoms with E-state index in [1.807, 2.05) is 19.1 Å². The quantitative estimate of drug-likeness (QED) is 0.293. The number of halogens is 1. The van der Waals surface area contributed by atoms with E-state index in [0.29, 0.717) is 27.7 Å². The lowest BCUT2D eigenvalue weighted by molar-refractivity contribution is -0.137. The standard InChI is InChI=1S/C24H21ClN4O4S/c1-3-33-24(30)12-8-17-5-4-6-19(13-17)34(31,32)28-20-14-18(9-7-16(20)2)21-15-29-23(26-21)11-10-22(25)27-29/h4-15,28H,3H2,1-2H3. The summed E-state index contributed by atoms with van der Waals surface area (Å²) in [5.74, 6) is -0.495. The number of benzene rings is 2. The molecule has 34 heavy (non-hydrogen) atoms. The summed E-state index contributed by atoms with van der Waals surface area (Å²) in [7, 11) is -3.89. The highest BCUT2D eigenvalue weighted by atomic mass is 35.5. The van der Waals surface area contributed by atoms with Gasteiger partial charge in [0, 0.05) is 11.6 Å². The van der Waals surface area contributed by atoms with E-state index in [1.54, 1.807) is 48.0 Å². The van der Waals surface area contributed by atoms with Gasteiger partial charge in [0.1, 0.15) is 5.15 Å². The van der Waals surface area contributed by atoms with Crippen molar-refractivity contribution in [2.75, 3.05) is 11.3 Å². The average Bonchev–Trinajstić information content (AvgIpc) is 3.22. The summed E-state index contributed by atoms with van der Waals surface area (Å²) >= 11 is 5.95. The number of aryl methyl sites for hydroxylation is 1. The van der Waals surface area contributed by atoms with Crippen LogP contribution in [0.1, 0.15) is 18.1 Å². The smallest absolute Gasteiger partial charge is 0.330 e. The molecule has 0 spiro atoms. The van der Waals surface area contributed by atoms with Crippen LogP contribution in [-0.2, 0) is 19.6 Å². The van der Waals surface area contributed by atoms with E-state index in [4.69, 9.17) is 16.3 Å². The Morgan fingerprint density at radius 2 is 2.00 bits per heavy atom. The predicted octanol–water partition coefficient (Wildman–Crippen LogP) is 4.74. The lowest BCUT2D eigenvalue weighted by atomic mass is 10.1. The fourth-order valence-electron chi connectivity index (χ4n) is 3.23. The number of esters is 1. The van der Waals surface area contributed by atoms with E-state index in [9.17, 15) is 13.2 Å². The SMILES string of the molecule is CCOC(=O)C=Cc1cccc(S(=O)(=O)Nc2cc(-c3cn4nc(Cl)ccc4n3)ccc2C)c1. The molecule has 2 aromatic heterocycles. The van der Waals surface area contributed by atoms with Crippen LogP contribution in [0.5, 0.6) is 0 Å². The first-order valence-corrected chi connectivity index (χ1v) is 12.2. The van der Waals surface area contributed by atoms with Crippen LogP contribution in [0.25, 0.3) is 23.0 Å². The molecule has 8 nitrogen and oxygen atoms in total. The van der Waals surface area contributed by atoms with Gasteiger partial charge in [-0.05, 0) is 61.4 Å². The van der Waals surface area contributed by atoms with E-state index in [-0.39, 0.29) is 11.5 Å². The molecule has 0 radical (unpaired) electrons. The van der Waals surface area contributed by atoms with Crippen LogP contribution in [0.2, 0.25) is 5.15 Å². The minimum Gasteiger partial charge on any atom is -0.463 e. The van der Waals surface area contributed by atoms with Gasteiger partial charge in [0.05, 0.1) is 29.1 Å². The second-order valence-electron chi connectivity index (χ2n) is 7.38. The van der Waals surface area contributed by atoms with Crippen molar-refractivity contribution in [3.05, 3.63) is 83.2 Å². The average molecular weight is 497 g/mol. The molecule has 0 bridgehead atoms. The van der Waals surface area contributed by atoms with Gasteiger partial charge in [0.15, 0.2) is 5.65 Å². The van der Waals surface area contributed by atoms with Crippen molar-refractivity contribution in [2.24, 2.45) is 0 Å². The second-order valence-corrected chi connectivity index (χ2v) is 9.45. The van der Waals surface area contributed by atoms with E-state index in [1.165, 1.54) is 24.3 Å². The van der Waals surface area contributed by atoms with Gasteiger partial charge in [-0.3, -0.25) is 4.72 Å². The Balaban J connectivity index is 1.62. The number of carbonyl (C=O) groups is 1. The number of imidazole rings is 1. The third kappa shape index (κ3) is 5.27. The molecular weight excluding hydrogens is 476 g/mol. The van der Waals surface area contributed by atoms with E-state index in [2.05, 4.69) is 14.8 Å². The molecule has 0 aliphatic carbocycles. The minimum absolute atomic E-state index is 0.0647. The highest BCUT2D eigenvalue weighted by Crippen LogP contribution is 2.27. The van der Waals surface area contributed by atoms with Crippen LogP contribution in [0.15, 0.2) is 71.8 Å². The first-order valence-electron chi connectivity index (χ1n) is 10.4. The largest absolute Gasteiger partial charge is 0.463 e. The van der Waals surface area contributed by atoms with Crippen LogP contribution < -0.4 is 4.72 Å². The molecule has 0 saturated heterocycles. The molecule has 174 valence electrons. The lowest BCUT2D eigenvalue weighted by Gasteiger charge is -2.12. The van der Waals surface area contributed by atoms with Gasteiger partial charge in [-0.25, -0.2) is 22.7 Å². The third-order valence-corrected chi connectivity index (χ3v) is 6.50. The molecule has 10 heteroatoms. The zero-order chi connectivity index (χ0) is 24.3. The molecule has 0 unspecified atom stereocenters. The molecule has 2 heterocycles. The maximum atomic E-state index is 13.1. The number of sulfonamides is 1. The summed E-state index contributed by atoms with van der Waals surface area (Å²) in [4.78, 5) is 16.1. The molecule has 0 saturated carbocycles. The molecule has 2 aromatic carbocycles. The normalized spacial score (nSPS) is 11.7. The maximum Gasteiger partial charge on any atom is 0.330 e. The van der Waals surface area contributed by atoms with Crippen molar-refractivity contribution in [2.45, 2.75) is 18.7 Å². The molecular formula is C24H21ClN4O4S. The first-order chi connectivity index (χ1) is 16.2. The number of rotatable bonds is 7. The molecule has 0 fully saturated rings. The summed E-state index contributed by atoms with van der Waals surface area (Å²) < 4.78 is 35.3. The minimum atomic E-state index is -3.89. The lowest BCUT2D eigenvalue weighted by Crippen LogP contribution is -2.14. The first kappa shape index (κ1) is 23.5. The van der Waals surface area contributed by atoms with E-state index in [0.717, 1.165) is 11.1 Å². The second kappa shape index (κ2) is 9.66. The summed E-state index contributed by atoms with van der Waals surface area (Å²) in [6.07, 6.45) is 4.49. The van der Waals surface area contributed by atoms with Crippen LogP contribution >= 0.6 is 11.6 Å². The molecule has 0 amide bonds. The van der Waals surface area contributed by atoms with Crippen LogP contribution in [-0.4, -0.2) is 35.6 Å². The van der Waals surface area contributed by atoms with Gasteiger partial charge in [-0.1, -0.05) is 35.9 Å².